The molecule has 0 fully saturated rings. The van der Waals surface area contributed by atoms with Gasteiger partial charge in [-0.25, -0.2) is 0 Å². The number of nitrogen functional groups attached to an aromatic ring is 1. The van der Waals surface area contributed by atoms with Gasteiger partial charge in [-0.2, -0.15) is 0 Å². The Morgan fingerprint density at radius 1 is 0.955 bits per heavy atom. The Bertz CT molecular complexity index is 651. The lowest BCUT2D eigenvalue weighted by Gasteiger charge is -2.23. The number of carbonyl (C=O) groups is 2. The van der Waals surface area contributed by atoms with Crippen molar-refractivity contribution in [2.75, 3.05) is 10.6 Å². The summed E-state index contributed by atoms with van der Waals surface area (Å²) in [4.78, 5) is 26.0. The van der Waals surface area contributed by atoms with E-state index in [1.54, 1.807) is 50.2 Å². The molecule has 5 heteroatoms. The number of rotatable bonds is 3. The fourth-order valence-electron chi connectivity index (χ4n) is 2.01. The molecule has 2 aromatic carbocycles. The van der Waals surface area contributed by atoms with Crippen LogP contribution in [0.15, 0.2) is 54.6 Å². The third-order valence-electron chi connectivity index (χ3n) is 2.98. The average Bonchev–Trinajstić information content (AvgIpc) is 2.50. The van der Waals surface area contributed by atoms with Crippen molar-refractivity contribution in [2.45, 2.75) is 19.9 Å². The predicted molar refractivity (Wildman–Crippen MR) is 87.7 cm³/mol. The first kappa shape index (κ1) is 15.6. The number of carbonyl (C=O) groups excluding carboxylic acids is 2. The van der Waals surface area contributed by atoms with Gasteiger partial charge in [0.2, 0.25) is 0 Å². The van der Waals surface area contributed by atoms with Crippen LogP contribution in [0.4, 0.5) is 17.1 Å². The molecule has 22 heavy (non-hydrogen) atoms. The monoisotopic (exact) mass is 297 g/mol. The highest BCUT2D eigenvalue weighted by atomic mass is 16.2. The zero-order chi connectivity index (χ0) is 16.1. The zero-order valence-corrected chi connectivity index (χ0v) is 12.6. The fourth-order valence-corrected chi connectivity index (χ4v) is 2.01. The number of hydrogen-bond acceptors (Lipinski definition) is 3. The maximum Gasteiger partial charge on any atom is 0.320 e. The molecule has 0 saturated carbocycles. The third-order valence-corrected chi connectivity index (χ3v) is 2.98. The van der Waals surface area contributed by atoms with Gasteiger partial charge in [0.15, 0.2) is 0 Å². The molecule has 0 radical (unpaired) electrons. The molecule has 0 spiro atoms. The molecule has 0 saturated heterocycles. The van der Waals surface area contributed by atoms with Crippen LogP contribution in [0.5, 0.6) is 0 Å². The van der Waals surface area contributed by atoms with Crippen LogP contribution in [0, 0.1) is 0 Å². The van der Waals surface area contributed by atoms with Gasteiger partial charge in [0.1, 0.15) is 0 Å². The van der Waals surface area contributed by atoms with Crippen LogP contribution < -0.4 is 16.0 Å². The summed E-state index contributed by atoms with van der Waals surface area (Å²) in [5.41, 5.74) is 7.49. The lowest BCUT2D eigenvalue weighted by molar-refractivity contribution is -0.137. The first-order valence-electron chi connectivity index (χ1n) is 7.04. The van der Waals surface area contributed by atoms with Gasteiger partial charge in [-0.3, -0.25) is 14.5 Å². The second-order valence-corrected chi connectivity index (χ2v) is 5.20. The van der Waals surface area contributed by atoms with Crippen molar-refractivity contribution in [3.63, 3.8) is 0 Å². The van der Waals surface area contributed by atoms with E-state index in [2.05, 4.69) is 5.32 Å². The third kappa shape index (κ3) is 3.63. The SMILES string of the molecule is CC(C)NC(=O)C(=O)N(c1ccccc1)c1ccc(N)cc1. The number of hydrogen-bond donors (Lipinski definition) is 2. The quantitative estimate of drug-likeness (QED) is 0.675. The molecule has 0 bridgehead atoms. The van der Waals surface area contributed by atoms with Crippen molar-refractivity contribution in [3.05, 3.63) is 54.6 Å². The maximum atomic E-state index is 12.5. The Hall–Kier alpha value is -2.82. The molecule has 2 amide bonds. The highest BCUT2D eigenvalue weighted by molar-refractivity contribution is 6.42. The predicted octanol–water partition coefficient (Wildman–Crippen LogP) is 2.46. The van der Waals surface area contributed by atoms with Crippen molar-refractivity contribution in [1.29, 1.82) is 0 Å². The van der Waals surface area contributed by atoms with Crippen molar-refractivity contribution < 1.29 is 9.59 Å². The highest BCUT2D eigenvalue weighted by Crippen LogP contribution is 2.26. The summed E-state index contributed by atoms with van der Waals surface area (Å²) in [5.74, 6) is -1.28. The summed E-state index contributed by atoms with van der Waals surface area (Å²) < 4.78 is 0. The van der Waals surface area contributed by atoms with Gasteiger partial charge >= 0.3 is 11.8 Å². The van der Waals surface area contributed by atoms with Gasteiger partial charge in [-0.1, -0.05) is 18.2 Å². The van der Waals surface area contributed by atoms with E-state index in [1.165, 1.54) is 4.90 Å². The zero-order valence-electron chi connectivity index (χ0n) is 12.6. The van der Waals surface area contributed by atoms with Gasteiger partial charge in [0.05, 0.1) is 0 Å². The summed E-state index contributed by atoms with van der Waals surface area (Å²) in [6.07, 6.45) is 0. The lowest BCUT2D eigenvalue weighted by Crippen LogP contribution is -2.43. The number of benzene rings is 2. The van der Waals surface area contributed by atoms with E-state index in [1.807, 2.05) is 18.2 Å². The Morgan fingerprint density at radius 3 is 2.05 bits per heavy atom. The number of para-hydroxylation sites is 1. The number of nitrogens with one attached hydrogen (secondary N) is 1. The number of amides is 2. The molecule has 0 atom stereocenters. The smallest absolute Gasteiger partial charge is 0.320 e. The summed E-state index contributed by atoms with van der Waals surface area (Å²) in [6, 6.07) is 15.7. The van der Waals surface area contributed by atoms with Crippen molar-refractivity contribution in [3.8, 4) is 0 Å². The molecule has 114 valence electrons. The Balaban J connectivity index is 2.40. The van der Waals surface area contributed by atoms with Crippen LogP contribution in [0.3, 0.4) is 0 Å². The van der Waals surface area contributed by atoms with Crippen molar-refractivity contribution in [1.82, 2.24) is 5.32 Å². The summed E-state index contributed by atoms with van der Waals surface area (Å²) in [7, 11) is 0. The fraction of sp³-hybridized carbons (Fsp3) is 0.176. The molecule has 0 aromatic heterocycles. The Morgan fingerprint density at radius 2 is 1.50 bits per heavy atom. The Kier molecular flexibility index (Phi) is 4.78. The second-order valence-electron chi connectivity index (χ2n) is 5.20. The molecule has 3 N–H and O–H groups in total. The van der Waals surface area contributed by atoms with Crippen LogP contribution in [-0.2, 0) is 9.59 Å². The molecule has 0 aliphatic heterocycles. The highest BCUT2D eigenvalue weighted by Gasteiger charge is 2.25. The molecule has 0 unspecified atom stereocenters. The second kappa shape index (κ2) is 6.76. The summed E-state index contributed by atoms with van der Waals surface area (Å²) in [6.45, 7) is 3.61. The van der Waals surface area contributed by atoms with Gasteiger partial charge in [0.25, 0.3) is 0 Å². The first-order chi connectivity index (χ1) is 10.5. The average molecular weight is 297 g/mol. The van der Waals surface area contributed by atoms with E-state index in [0.717, 1.165) is 0 Å². The van der Waals surface area contributed by atoms with Gasteiger partial charge in [-0.05, 0) is 50.2 Å². The van der Waals surface area contributed by atoms with Crippen molar-refractivity contribution >= 4 is 28.9 Å². The minimum absolute atomic E-state index is 0.111. The van der Waals surface area contributed by atoms with E-state index in [-0.39, 0.29) is 6.04 Å². The van der Waals surface area contributed by atoms with E-state index < -0.39 is 11.8 Å². The van der Waals surface area contributed by atoms with E-state index in [4.69, 9.17) is 5.73 Å². The van der Waals surface area contributed by atoms with E-state index >= 15 is 0 Å². The van der Waals surface area contributed by atoms with Gasteiger partial charge in [0, 0.05) is 23.1 Å². The molecule has 5 nitrogen and oxygen atoms in total. The molecule has 2 aromatic rings. The molecular formula is C17H19N3O2. The minimum atomic E-state index is -0.643. The first-order valence-corrected chi connectivity index (χ1v) is 7.04. The lowest BCUT2D eigenvalue weighted by atomic mass is 10.2. The summed E-state index contributed by atoms with van der Waals surface area (Å²) in [5, 5.41) is 2.62. The molecule has 0 aliphatic carbocycles. The van der Waals surface area contributed by atoms with Crippen LogP contribution in [0.1, 0.15) is 13.8 Å². The van der Waals surface area contributed by atoms with Crippen molar-refractivity contribution in [2.24, 2.45) is 0 Å². The minimum Gasteiger partial charge on any atom is -0.399 e. The molecule has 0 heterocycles. The Labute approximate surface area is 129 Å². The number of anilines is 3. The topological polar surface area (TPSA) is 75.4 Å². The van der Waals surface area contributed by atoms with E-state index in [0.29, 0.717) is 17.1 Å². The molecular weight excluding hydrogens is 278 g/mol. The van der Waals surface area contributed by atoms with E-state index in [9.17, 15) is 9.59 Å². The maximum absolute atomic E-state index is 12.5. The molecule has 0 aliphatic rings. The largest absolute Gasteiger partial charge is 0.399 e. The van der Waals surface area contributed by atoms with Crippen LogP contribution in [0.2, 0.25) is 0 Å². The van der Waals surface area contributed by atoms with Gasteiger partial charge in [-0.15, -0.1) is 0 Å². The summed E-state index contributed by atoms with van der Waals surface area (Å²) >= 11 is 0. The van der Waals surface area contributed by atoms with Gasteiger partial charge < -0.3 is 11.1 Å². The van der Waals surface area contributed by atoms with Crippen LogP contribution in [0.25, 0.3) is 0 Å². The number of nitrogens with two attached hydrogens (primary N) is 1. The van der Waals surface area contributed by atoms with Crippen LogP contribution >= 0.6 is 0 Å². The number of nitrogens with zero attached hydrogens (tertiary/aromatic N) is 1. The standard InChI is InChI=1S/C17H19N3O2/c1-12(2)19-16(21)17(22)20(14-6-4-3-5-7-14)15-10-8-13(18)9-11-15/h3-12H,18H2,1-2H3,(H,19,21). The normalized spacial score (nSPS) is 10.3. The molecule has 2 rings (SSSR count). The van der Waals surface area contributed by atoms with Crippen LogP contribution in [-0.4, -0.2) is 17.9 Å².